The van der Waals surface area contributed by atoms with E-state index in [4.69, 9.17) is 5.73 Å². The van der Waals surface area contributed by atoms with Crippen molar-refractivity contribution in [2.75, 3.05) is 6.54 Å². The van der Waals surface area contributed by atoms with Gasteiger partial charge in [0.25, 0.3) is 5.91 Å². The molecule has 0 aliphatic heterocycles. The molecule has 0 radical (unpaired) electrons. The van der Waals surface area contributed by atoms with E-state index in [1.54, 1.807) is 24.1 Å². The van der Waals surface area contributed by atoms with E-state index < -0.39 is 0 Å². The highest BCUT2D eigenvalue weighted by molar-refractivity contribution is 5.95. The number of aryl methyl sites for hydroxylation is 1. The van der Waals surface area contributed by atoms with Crippen LogP contribution in [0.25, 0.3) is 0 Å². The number of nitrogens with zero attached hydrogens (tertiary/aromatic N) is 3. The fourth-order valence-electron chi connectivity index (χ4n) is 1.83. The van der Waals surface area contributed by atoms with Crippen LogP contribution in [0.5, 0.6) is 0 Å². The number of rotatable bonds is 5. The second kappa shape index (κ2) is 6.10. The summed E-state index contributed by atoms with van der Waals surface area (Å²) in [5.74, 6) is 0.462. The lowest BCUT2D eigenvalue weighted by atomic mass is 10.0. The lowest BCUT2D eigenvalue weighted by Gasteiger charge is -2.08. The molecule has 1 amide bonds. The van der Waals surface area contributed by atoms with Gasteiger partial charge in [-0.3, -0.25) is 9.48 Å². The number of hydrogen-bond donors (Lipinski definition) is 2. The Hall–Kier alpha value is -2.21. The third-order valence-electron chi connectivity index (χ3n) is 2.73. The van der Waals surface area contributed by atoms with Crippen molar-refractivity contribution in [1.29, 1.82) is 0 Å². The summed E-state index contributed by atoms with van der Waals surface area (Å²) in [6.45, 7) is 0.836. The molecular weight excluding hydrogens is 242 g/mol. The topological polar surface area (TPSA) is 85.8 Å². The van der Waals surface area contributed by atoms with E-state index in [1.807, 2.05) is 18.2 Å². The molecule has 0 fully saturated rings. The Kier molecular flexibility index (Phi) is 4.25. The predicted octanol–water partition coefficient (Wildman–Crippen LogP) is 0.246. The molecule has 19 heavy (non-hydrogen) atoms. The van der Waals surface area contributed by atoms with Gasteiger partial charge >= 0.3 is 0 Å². The number of amides is 1. The van der Waals surface area contributed by atoms with Crippen LogP contribution < -0.4 is 11.1 Å². The molecule has 1 aromatic heterocycles. The van der Waals surface area contributed by atoms with Gasteiger partial charge in [-0.2, -0.15) is 5.10 Å². The van der Waals surface area contributed by atoms with Gasteiger partial charge in [0.15, 0.2) is 5.82 Å². The molecule has 0 aliphatic rings. The monoisotopic (exact) mass is 259 g/mol. The van der Waals surface area contributed by atoms with E-state index in [0.717, 1.165) is 5.56 Å². The summed E-state index contributed by atoms with van der Waals surface area (Å²) in [5, 5.41) is 6.92. The minimum Gasteiger partial charge on any atom is -0.345 e. The fourth-order valence-corrected chi connectivity index (χ4v) is 1.83. The first-order valence-electron chi connectivity index (χ1n) is 6.11. The Labute approximate surface area is 111 Å². The molecule has 6 heteroatoms. The minimum absolute atomic E-state index is 0.128. The van der Waals surface area contributed by atoms with Crippen molar-refractivity contribution in [3.63, 3.8) is 0 Å². The smallest absolute Gasteiger partial charge is 0.251 e. The first kappa shape index (κ1) is 13.2. The Morgan fingerprint density at radius 3 is 2.89 bits per heavy atom. The number of carbonyl (C=O) groups is 1. The van der Waals surface area contributed by atoms with Crippen LogP contribution >= 0.6 is 0 Å². The van der Waals surface area contributed by atoms with E-state index in [0.29, 0.717) is 30.9 Å². The second-order valence-corrected chi connectivity index (χ2v) is 4.21. The SMILES string of the molecule is Cn1cnc(CNC(=O)c2ccccc2CCN)n1. The summed E-state index contributed by atoms with van der Waals surface area (Å²) in [5.41, 5.74) is 7.15. The van der Waals surface area contributed by atoms with Gasteiger partial charge in [0.05, 0.1) is 6.54 Å². The third-order valence-corrected chi connectivity index (χ3v) is 2.73. The van der Waals surface area contributed by atoms with Gasteiger partial charge in [0.2, 0.25) is 0 Å². The van der Waals surface area contributed by atoms with E-state index in [9.17, 15) is 4.79 Å². The van der Waals surface area contributed by atoms with Crippen LogP contribution in [0.3, 0.4) is 0 Å². The Morgan fingerprint density at radius 1 is 1.42 bits per heavy atom. The number of nitrogens with two attached hydrogens (primary N) is 1. The number of benzene rings is 1. The van der Waals surface area contributed by atoms with Crippen molar-refractivity contribution in [2.45, 2.75) is 13.0 Å². The van der Waals surface area contributed by atoms with Crippen LogP contribution in [0, 0.1) is 0 Å². The van der Waals surface area contributed by atoms with E-state index in [1.165, 1.54) is 0 Å². The minimum atomic E-state index is -0.128. The van der Waals surface area contributed by atoms with Crippen molar-refractivity contribution < 1.29 is 4.79 Å². The maximum atomic E-state index is 12.1. The van der Waals surface area contributed by atoms with Crippen LogP contribution in [0.2, 0.25) is 0 Å². The molecule has 0 atom stereocenters. The van der Waals surface area contributed by atoms with Crippen LogP contribution in [0.1, 0.15) is 21.7 Å². The highest BCUT2D eigenvalue weighted by Gasteiger charge is 2.10. The molecule has 0 unspecified atom stereocenters. The molecule has 0 saturated heterocycles. The number of hydrogen-bond acceptors (Lipinski definition) is 4. The summed E-state index contributed by atoms with van der Waals surface area (Å²) >= 11 is 0. The van der Waals surface area contributed by atoms with Crippen molar-refractivity contribution in [1.82, 2.24) is 20.1 Å². The molecule has 1 heterocycles. The van der Waals surface area contributed by atoms with Gasteiger partial charge in [0, 0.05) is 12.6 Å². The lowest BCUT2D eigenvalue weighted by molar-refractivity contribution is 0.0949. The maximum absolute atomic E-state index is 12.1. The van der Waals surface area contributed by atoms with Gasteiger partial charge in [0.1, 0.15) is 6.33 Å². The molecule has 6 nitrogen and oxygen atoms in total. The molecule has 1 aromatic carbocycles. The average Bonchev–Trinajstić information content (AvgIpc) is 2.83. The Morgan fingerprint density at radius 2 is 2.21 bits per heavy atom. The van der Waals surface area contributed by atoms with Crippen LogP contribution in [0.4, 0.5) is 0 Å². The zero-order valence-corrected chi connectivity index (χ0v) is 10.8. The van der Waals surface area contributed by atoms with E-state index >= 15 is 0 Å². The molecule has 2 aromatic rings. The highest BCUT2D eigenvalue weighted by Crippen LogP contribution is 2.09. The zero-order valence-electron chi connectivity index (χ0n) is 10.8. The summed E-state index contributed by atoms with van der Waals surface area (Å²) in [6.07, 6.45) is 2.29. The first-order chi connectivity index (χ1) is 9.20. The van der Waals surface area contributed by atoms with Gasteiger partial charge in [-0.15, -0.1) is 0 Å². The van der Waals surface area contributed by atoms with Crippen LogP contribution in [0.15, 0.2) is 30.6 Å². The molecular formula is C13H17N5O. The zero-order chi connectivity index (χ0) is 13.7. The average molecular weight is 259 g/mol. The molecule has 0 bridgehead atoms. The van der Waals surface area contributed by atoms with Gasteiger partial charge < -0.3 is 11.1 Å². The molecule has 0 aliphatic carbocycles. The van der Waals surface area contributed by atoms with Gasteiger partial charge in [-0.05, 0) is 24.6 Å². The largest absolute Gasteiger partial charge is 0.345 e. The van der Waals surface area contributed by atoms with Crippen molar-refractivity contribution in [3.8, 4) is 0 Å². The van der Waals surface area contributed by atoms with Gasteiger partial charge in [-0.1, -0.05) is 18.2 Å². The standard InChI is InChI=1S/C13H17N5O/c1-18-9-16-12(17-18)8-15-13(19)11-5-3-2-4-10(11)6-7-14/h2-5,9H,6-8,14H2,1H3,(H,15,19). The van der Waals surface area contributed by atoms with Crippen molar-refractivity contribution in [3.05, 3.63) is 47.5 Å². The Balaban J connectivity index is 2.03. The summed E-state index contributed by atoms with van der Waals surface area (Å²) in [6, 6.07) is 7.46. The number of nitrogens with one attached hydrogen (secondary N) is 1. The molecule has 3 N–H and O–H groups in total. The number of carbonyl (C=O) groups excluding carboxylic acids is 1. The second-order valence-electron chi connectivity index (χ2n) is 4.21. The maximum Gasteiger partial charge on any atom is 0.251 e. The summed E-state index contributed by atoms with van der Waals surface area (Å²) in [4.78, 5) is 16.2. The quantitative estimate of drug-likeness (QED) is 0.805. The first-order valence-corrected chi connectivity index (χ1v) is 6.11. The van der Waals surface area contributed by atoms with Crippen molar-refractivity contribution >= 4 is 5.91 Å². The van der Waals surface area contributed by atoms with Crippen LogP contribution in [-0.4, -0.2) is 27.2 Å². The van der Waals surface area contributed by atoms with Crippen molar-refractivity contribution in [2.24, 2.45) is 12.8 Å². The molecule has 2 rings (SSSR count). The fraction of sp³-hybridized carbons (Fsp3) is 0.308. The lowest BCUT2D eigenvalue weighted by Crippen LogP contribution is -2.25. The predicted molar refractivity (Wildman–Crippen MR) is 71.4 cm³/mol. The third kappa shape index (κ3) is 3.38. The number of aromatic nitrogens is 3. The molecule has 100 valence electrons. The Bertz CT molecular complexity index is 564. The highest BCUT2D eigenvalue weighted by atomic mass is 16.1. The van der Waals surface area contributed by atoms with Crippen LogP contribution in [-0.2, 0) is 20.0 Å². The molecule has 0 saturated carbocycles. The summed E-state index contributed by atoms with van der Waals surface area (Å²) < 4.78 is 1.60. The van der Waals surface area contributed by atoms with E-state index in [-0.39, 0.29) is 5.91 Å². The summed E-state index contributed by atoms with van der Waals surface area (Å²) in [7, 11) is 1.79. The van der Waals surface area contributed by atoms with E-state index in [2.05, 4.69) is 15.4 Å². The normalized spacial score (nSPS) is 10.4. The molecule has 0 spiro atoms. The van der Waals surface area contributed by atoms with Gasteiger partial charge in [-0.25, -0.2) is 4.98 Å².